The highest BCUT2D eigenvalue weighted by Crippen LogP contribution is 2.22. The van der Waals surface area contributed by atoms with Gasteiger partial charge in [-0.15, -0.1) is 0 Å². The number of aliphatic hydroxyl groups excluding tert-OH is 3. The fraction of sp³-hybridized carbons (Fsp3) is 0.900. The minimum Gasteiger partial charge on any atom is -0.394 e. The number of thiol groups is 1. The van der Waals surface area contributed by atoms with Gasteiger partial charge in [0.2, 0.25) is 5.91 Å². The molecule has 0 bridgehead atoms. The Labute approximate surface area is 110 Å². The lowest BCUT2D eigenvalue weighted by atomic mass is 9.97. The second-order valence-corrected chi connectivity index (χ2v) is 4.47. The van der Waals surface area contributed by atoms with Gasteiger partial charge in [0.05, 0.1) is 13.2 Å². The quantitative estimate of drug-likeness (QED) is 0.369. The Balaban J connectivity index is 2.76. The molecule has 1 aliphatic heterocycles. The third kappa shape index (κ3) is 3.81. The van der Waals surface area contributed by atoms with Crippen LogP contribution in [0.3, 0.4) is 0 Å². The second-order valence-electron chi connectivity index (χ2n) is 4.03. The predicted molar refractivity (Wildman–Crippen MR) is 65.2 cm³/mol. The van der Waals surface area contributed by atoms with Crippen molar-refractivity contribution in [2.24, 2.45) is 0 Å². The van der Waals surface area contributed by atoms with E-state index in [-0.39, 0.29) is 12.5 Å². The van der Waals surface area contributed by atoms with E-state index >= 15 is 0 Å². The SMILES string of the molecule is CC(=O)NC1[C@H](OCCS)OC(CO)[C@@H](O)[C@@H]1O. The van der Waals surface area contributed by atoms with Crippen LogP contribution in [-0.2, 0) is 14.3 Å². The van der Waals surface area contributed by atoms with Gasteiger partial charge in [-0.2, -0.15) is 12.6 Å². The smallest absolute Gasteiger partial charge is 0.217 e. The van der Waals surface area contributed by atoms with Gasteiger partial charge in [0.25, 0.3) is 0 Å². The summed E-state index contributed by atoms with van der Waals surface area (Å²) in [6.45, 7) is 1.09. The first kappa shape index (κ1) is 15.7. The van der Waals surface area contributed by atoms with E-state index in [2.05, 4.69) is 17.9 Å². The van der Waals surface area contributed by atoms with E-state index in [4.69, 9.17) is 14.6 Å². The number of carbonyl (C=O) groups is 1. The average Bonchev–Trinajstić information content (AvgIpc) is 2.33. The lowest BCUT2D eigenvalue weighted by Gasteiger charge is -2.42. The molecule has 1 saturated heterocycles. The van der Waals surface area contributed by atoms with Crippen molar-refractivity contribution >= 4 is 18.5 Å². The van der Waals surface area contributed by atoms with Crippen molar-refractivity contribution in [3.05, 3.63) is 0 Å². The number of hydrogen-bond acceptors (Lipinski definition) is 7. The topological polar surface area (TPSA) is 108 Å². The third-order valence-electron chi connectivity index (χ3n) is 2.62. The van der Waals surface area contributed by atoms with Crippen LogP contribution in [0.1, 0.15) is 6.92 Å². The maximum absolute atomic E-state index is 11.1. The van der Waals surface area contributed by atoms with Crippen molar-refractivity contribution in [2.75, 3.05) is 19.0 Å². The van der Waals surface area contributed by atoms with Gasteiger partial charge in [-0.05, 0) is 0 Å². The van der Waals surface area contributed by atoms with Crippen LogP contribution < -0.4 is 5.32 Å². The summed E-state index contributed by atoms with van der Waals surface area (Å²) in [7, 11) is 0. The van der Waals surface area contributed by atoms with E-state index < -0.39 is 37.3 Å². The summed E-state index contributed by atoms with van der Waals surface area (Å²) in [5.41, 5.74) is 0. The Morgan fingerprint density at radius 2 is 2.11 bits per heavy atom. The molecule has 2 unspecified atom stereocenters. The molecule has 0 aromatic rings. The first-order valence-corrected chi connectivity index (χ1v) is 6.26. The van der Waals surface area contributed by atoms with Crippen LogP contribution in [0.15, 0.2) is 0 Å². The molecule has 1 amide bonds. The first-order chi connectivity index (χ1) is 8.51. The lowest BCUT2D eigenvalue weighted by Crippen LogP contribution is -2.64. The number of carbonyl (C=O) groups excluding carboxylic acids is 1. The van der Waals surface area contributed by atoms with Crippen LogP contribution in [-0.4, -0.2) is 70.8 Å². The Morgan fingerprint density at radius 1 is 1.44 bits per heavy atom. The molecule has 106 valence electrons. The molecule has 0 aliphatic carbocycles. The number of aliphatic hydroxyl groups is 3. The van der Waals surface area contributed by atoms with E-state index in [1.807, 2.05) is 0 Å². The predicted octanol–water partition coefficient (Wildman–Crippen LogP) is -2.12. The zero-order valence-corrected chi connectivity index (χ0v) is 10.9. The zero-order chi connectivity index (χ0) is 13.7. The van der Waals surface area contributed by atoms with Crippen LogP contribution >= 0.6 is 12.6 Å². The molecular formula is C10H19NO6S. The summed E-state index contributed by atoms with van der Waals surface area (Å²) < 4.78 is 10.6. The minimum absolute atomic E-state index is 0.255. The highest BCUT2D eigenvalue weighted by Gasteiger charge is 2.45. The molecule has 18 heavy (non-hydrogen) atoms. The van der Waals surface area contributed by atoms with Crippen molar-refractivity contribution in [3.63, 3.8) is 0 Å². The van der Waals surface area contributed by atoms with E-state index in [0.717, 1.165) is 0 Å². The molecule has 5 atom stereocenters. The molecule has 8 heteroatoms. The number of ether oxygens (including phenoxy) is 2. The van der Waals surface area contributed by atoms with Crippen LogP contribution in [0.2, 0.25) is 0 Å². The summed E-state index contributed by atoms with van der Waals surface area (Å²) in [4.78, 5) is 11.1. The number of rotatable bonds is 5. The molecule has 1 rings (SSSR count). The molecule has 0 aromatic carbocycles. The van der Waals surface area contributed by atoms with Crippen molar-refractivity contribution in [2.45, 2.75) is 37.6 Å². The van der Waals surface area contributed by atoms with Crippen LogP contribution in [0.4, 0.5) is 0 Å². The standard InChI is InChI=1S/C10H19NO6S/c1-5(13)11-7-9(15)8(14)6(4-12)17-10(7)16-2-3-18/h6-10,12,14-15,18H,2-4H2,1H3,(H,11,13)/t6?,7?,8-,9-,10-/m1/s1. The molecule has 1 aliphatic rings. The highest BCUT2D eigenvalue weighted by molar-refractivity contribution is 7.80. The van der Waals surface area contributed by atoms with Gasteiger partial charge in [0, 0.05) is 12.7 Å². The van der Waals surface area contributed by atoms with Crippen molar-refractivity contribution in [3.8, 4) is 0 Å². The van der Waals surface area contributed by atoms with E-state index in [1.54, 1.807) is 0 Å². The molecule has 0 spiro atoms. The number of amides is 1. The van der Waals surface area contributed by atoms with Crippen molar-refractivity contribution in [1.29, 1.82) is 0 Å². The van der Waals surface area contributed by atoms with Gasteiger partial charge in [-0.3, -0.25) is 4.79 Å². The normalized spacial score (nSPS) is 36.4. The average molecular weight is 281 g/mol. The van der Waals surface area contributed by atoms with Gasteiger partial charge in [0.15, 0.2) is 6.29 Å². The largest absolute Gasteiger partial charge is 0.394 e. The van der Waals surface area contributed by atoms with Gasteiger partial charge in [-0.25, -0.2) is 0 Å². The summed E-state index contributed by atoms with van der Waals surface area (Å²) in [5, 5.41) is 31.1. The van der Waals surface area contributed by atoms with Crippen molar-refractivity contribution in [1.82, 2.24) is 5.32 Å². The minimum atomic E-state index is -1.29. The van der Waals surface area contributed by atoms with E-state index in [1.165, 1.54) is 6.92 Å². The summed E-state index contributed by atoms with van der Waals surface area (Å²) >= 11 is 3.98. The Bertz CT molecular complexity index is 279. The van der Waals surface area contributed by atoms with Crippen LogP contribution in [0.5, 0.6) is 0 Å². The Kier molecular flexibility index (Phi) is 6.33. The van der Waals surface area contributed by atoms with Crippen LogP contribution in [0, 0.1) is 0 Å². The lowest BCUT2D eigenvalue weighted by molar-refractivity contribution is -0.268. The fourth-order valence-corrected chi connectivity index (χ4v) is 1.89. The maximum atomic E-state index is 11.1. The second kappa shape index (κ2) is 7.27. The highest BCUT2D eigenvalue weighted by atomic mass is 32.1. The zero-order valence-electron chi connectivity index (χ0n) is 10.0. The molecule has 1 heterocycles. The van der Waals surface area contributed by atoms with Gasteiger partial charge in [0.1, 0.15) is 24.4 Å². The molecule has 1 fully saturated rings. The molecular weight excluding hydrogens is 262 g/mol. The molecule has 0 radical (unpaired) electrons. The maximum Gasteiger partial charge on any atom is 0.217 e. The van der Waals surface area contributed by atoms with E-state index in [9.17, 15) is 15.0 Å². The summed E-state index contributed by atoms with van der Waals surface area (Å²) in [6, 6.07) is -0.889. The van der Waals surface area contributed by atoms with Gasteiger partial charge in [-0.1, -0.05) is 0 Å². The van der Waals surface area contributed by atoms with Gasteiger partial charge >= 0.3 is 0 Å². The summed E-state index contributed by atoms with van der Waals surface area (Å²) in [6.07, 6.45) is -4.45. The monoisotopic (exact) mass is 281 g/mol. The number of nitrogens with one attached hydrogen (secondary N) is 1. The molecule has 0 saturated carbocycles. The van der Waals surface area contributed by atoms with E-state index in [0.29, 0.717) is 5.75 Å². The number of hydrogen-bond donors (Lipinski definition) is 5. The van der Waals surface area contributed by atoms with Crippen molar-refractivity contribution < 1.29 is 29.6 Å². The summed E-state index contributed by atoms with van der Waals surface area (Å²) in [5.74, 6) is 0.0616. The molecule has 4 N–H and O–H groups in total. The molecule has 7 nitrogen and oxygen atoms in total. The molecule has 0 aromatic heterocycles. The first-order valence-electron chi connectivity index (χ1n) is 5.63. The Hall–Kier alpha value is -0.380. The van der Waals surface area contributed by atoms with Gasteiger partial charge < -0.3 is 30.1 Å². The Morgan fingerprint density at radius 3 is 2.61 bits per heavy atom. The fourth-order valence-electron chi connectivity index (χ4n) is 1.78. The van der Waals surface area contributed by atoms with Crippen LogP contribution in [0.25, 0.3) is 0 Å². The third-order valence-corrected chi connectivity index (χ3v) is 2.81.